The van der Waals surface area contributed by atoms with E-state index >= 15 is 0 Å². The van der Waals surface area contributed by atoms with Gasteiger partial charge in [0.05, 0.1) is 24.3 Å². The monoisotopic (exact) mass is 333 g/mol. The zero-order valence-electron chi connectivity index (χ0n) is 15.1. The molecular weight excluding hydrogens is 306 g/mol. The average Bonchev–Trinajstić information content (AvgIpc) is 3.14. The van der Waals surface area contributed by atoms with E-state index in [1.807, 2.05) is 18.5 Å². The molecule has 6 nitrogen and oxygen atoms in total. The van der Waals surface area contributed by atoms with Crippen LogP contribution in [-0.4, -0.2) is 27.3 Å². The Hall–Kier alpha value is -2.08. The maximum atomic E-state index is 12.5. The molecule has 0 aliphatic rings. The largest absolute Gasteiger partial charge is 0.463 e. The summed E-state index contributed by atoms with van der Waals surface area (Å²) in [6.07, 6.45) is 3.52. The van der Waals surface area contributed by atoms with E-state index in [9.17, 15) is 9.90 Å². The minimum Gasteiger partial charge on any atom is -0.463 e. The first kappa shape index (κ1) is 18.3. The maximum Gasteiger partial charge on any atom is 0.254 e. The van der Waals surface area contributed by atoms with Crippen molar-refractivity contribution in [3.8, 4) is 0 Å². The number of aliphatic hydroxyl groups is 1. The van der Waals surface area contributed by atoms with Crippen molar-refractivity contribution in [2.75, 3.05) is 6.54 Å². The van der Waals surface area contributed by atoms with E-state index in [1.54, 1.807) is 25.3 Å². The fourth-order valence-corrected chi connectivity index (χ4v) is 2.81. The number of carbonyl (C=O) groups is 1. The number of amides is 1. The number of aryl methyl sites for hydroxylation is 1. The maximum absolute atomic E-state index is 12.5. The molecule has 0 aromatic carbocycles. The Morgan fingerprint density at radius 3 is 2.58 bits per heavy atom. The normalized spacial score (nSPS) is 14.0. The van der Waals surface area contributed by atoms with E-state index < -0.39 is 5.60 Å². The van der Waals surface area contributed by atoms with Crippen molar-refractivity contribution in [2.45, 2.75) is 59.1 Å². The first-order valence-electron chi connectivity index (χ1n) is 8.41. The lowest BCUT2D eigenvalue weighted by Crippen LogP contribution is -2.38. The first-order chi connectivity index (χ1) is 11.3. The van der Waals surface area contributed by atoms with Gasteiger partial charge in [0.1, 0.15) is 17.1 Å². The molecule has 0 spiro atoms. The van der Waals surface area contributed by atoms with E-state index in [2.05, 4.69) is 24.3 Å². The lowest BCUT2D eigenvalue weighted by Gasteiger charge is -2.21. The van der Waals surface area contributed by atoms with Crippen LogP contribution in [-0.2, 0) is 5.60 Å². The van der Waals surface area contributed by atoms with Crippen molar-refractivity contribution >= 4 is 5.91 Å². The van der Waals surface area contributed by atoms with Crippen LogP contribution in [0.1, 0.15) is 67.2 Å². The van der Waals surface area contributed by atoms with Crippen molar-refractivity contribution in [2.24, 2.45) is 0 Å². The van der Waals surface area contributed by atoms with Crippen molar-refractivity contribution in [3.63, 3.8) is 0 Å². The molecule has 1 unspecified atom stereocenters. The standard InChI is InChI=1S/C18H27N3O3/c1-6-14(7-2)21-13(4)15(10-20-21)17(22)19-11-18(5,23)16-9-8-12(3)24-16/h8-10,14,23H,6-7,11H2,1-5H3,(H,19,22). The number of hydrogen-bond donors (Lipinski definition) is 2. The van der Waals surface area contributed by atoms with Gasteiger partial charge < -0.3 is 14.8 Å². The minimum absolute atomic E-state index is 0.0639. The van der Waals surface area contributed by atoms with Gasteiger partial charge >= 0.3 is 0 Å². The van der Waals surface area contributed by atoms with Crippen LogP contribution >= 0.6 is 0 Å². The Morgan fingerprint density at radius 1 is 1.38 bits per heavy atom. The van der Waals surface area contributed by atoms with Crippen molar-refractivity contribution in [3.05, 3.63) is 41.1 Å². The zero-order valence-corrected chi connectivity index (χ0v) is 15.1. The summed E-state index contributed by atoms with van der Waals surface area (Å²) in [5.74, 6) is 0.914. The Kier molecular flexibility index (Phi) is 5.49. The molecule has 0 bridgehead atoms. The third kappa shape index (κ3) is 3.70. The SMILES string of the molecule is CCC(CC)n1ncc(C(=O)NCC(C)(O)c2ccc(C)o2)c1C. The second-order valence-electron chi connectivity index (χ2n) is 6.43. The zero-order chi connectivity index (χ0) is 17.9. The van der Waals surface area contributed by atoms with E-state index in [0.29, 0.717) is 17.4 Å². The van der Waals surface area contributed by atoms with Crippen molar-refractivity contribution in [1.29, 1.82) is 0 Å². The van der Waals surface area contributed by atoms with Gasteiger partial charge in [0.25, 0.3) is 5.91 Å². The molecule has 2 aromatic rings. The minimum atomic E-state index is -1.26. The quantitative estimate of drug-likeness (QED) is 0.816. The molecule has 1 amide bonds. The second-order valence-corrected chi connectivity index (χ2v) is 6.43. The number of nitrogens with zero attached hydrogens (tertiary/aromatic N) is 2. The molecule has 2 heterocycles. The smallest absolute Gasteiger partial charge is 0.254 e. The summed E-state index contributed by atoms with van der Waals surface area (Å²) >= 11 is 0. The van der Waals surface area contributed by atoms with Crippen LogP contribution in [0.5, 0.6) is 0 Å². The molecule has 1 atom stereocenters. The molecule has 0 saturated carbocycles. The number of nitrogens with one attached hydrogen (secondary N) is 1. The summed E-state index contributed by atoms with van der Waals surface area (Å²) in [6, 6.07) is 3.80. The number of aromatic nitrogens is 2. The summed E-state index contributed by atoms with van der Waals surface area (Å²) in [7, 11) is 0. The third-order valence-electron chi connectivity index (χ3n) is 4.44. The number of rotatable bonds is 7. The van der Waals surface area contributed by atoms with Gasteiger partial charge in [-0.05, 0) is 45.7 Å². The van der Waals surface area contributed by atoms with E-state index in [0.717, 1.165) is 24.3 Å². The van der Waals surface area contributed by atoms with Crippen LogP contribution in [0.4, 0.5) is 0 Å². The molecular formula is C18H27N3O3. The number of furan rings is 1. The third-order valence-corrected chi connectivity index (χ3v) is 4.44. The summed E-state index contributed by atoms with van der Waals surface area (Å²) in [4.78, 5) is 12.5. The predicted octanol–water partition coefficient (Wildman–Crippen LogP) is 3.09. The Balaban J connectivity index is 2.08. The Labute approximate surface area is 142 Å². The van der Waals surface area contributed by atoms with E-state index in [-0.39, 0.29) is 12.5 Å². The molecule has 132 valence electrons. The van der Waals surface area contributed by atoms with Gasteiger partial charge in [-0.1, -0.05) is 13.8 Å². The molecule has 24 heavy (non-hydrogen) atoms. The summed E-state index contributed by atoms with van der Waals surface area (Å²) in [5.41, 5.74) is 0.117. The summed E-state index contributed by atoms with van der Waals surface area (Å²) in [5, 5.41) is 17.6. The summed E-state index contributed by atoms with van der Waals surface area (Å²) in [6.45, 7) is 9.61. The highest BCUT2D eigenvalue weighted by molar-refractivity contribution is 5.95. The molecule has 6 heteroatoms. The van der Waals surface area contributed by atoms with Crippen molar-refractivity contribution < 1.29 is 14.3 Å². The number of carbonyl (C=O) groups excluding carboxylic acids is 1. The Bertz CT molecular complexity index is 696. The van der Waals surface area contributed by atoms with Gasteiger partial charge in [0.2, 0.25) is 0 Å². The van der Waals surface area contributed by atoms with E-state index in [4.69, 9.17) is 4.42 Å². The second kappa shape index (κ2) is 7.21. The molecule has 0 radical (unpaired) electrons. The topological polar surface area (TPSA) is 80.3 Å². The van der Waals surface area contributed by atoms with Crippen LogP contribution in [0.15, 0.2) is 22.7 Å². The molecule has 0 aliphatic carbocycles. The van der Waals surface area contributed by atoms with Gasteiger partial charge in [-0.3, -0.25) is 9.48 Å². The van der Waals surface area contributed by atoms with Gasteiger partial charge in [0.15, 0.2) is 0 Å². The number of hydrogen-bond acceptors (Lipinski definition) is 4. The average molecular weight is 333 g/mol. The lowest BCUT2D eigenvalue weighted by molar-refractivity contribution is 0.0323. The predicted molar refractivity (Wildman–Crippen MR) is 91.9 cm³/mol. The fraction of sp³-hybridized carbons (Fsp3) is 0.556. The van der Waals surface area contributed by atoms with Crippen LogP contribution in [0.25, 0.3) is 0 Å². The van der Waals surface area contributed by atoms with Crippen LogP contribution in [0.3, 0.4) is 0 Å². The van der Waals surface area contributed by atoms with E-state index in [1.165, 1.54) is 0 Å². The molecule has 2 N–H and O–H groups in total. The molecule has 0 fully saturated rings. The highest BCUT2D eigenvalue weighted by Crippen LogP contribution is 2.23. The highest BCUT2D eigenvalue weighted by atomic mass is 16.4. The highest BCUT2D eigenvalue weighted by Gasteiger charge is 2.28. The fourth-order valence-electron chi connectivity index (χ4n) is 2.81. The molecule has 0 saturated heterocycles. The van der Waals surface area contributed by atoms with Crippen LogP contribution in [0, 0.1) is 13.8 Å². The molecule has 2 aromatic heterocycles. The van der Waals surface area contributed by atoms with Gasteiger partial charge in [-0.15, -0.1) is 0 Å². The van der Waals surface area contributed by atoms with Crippen molar-refractivity contribution in [1.82, 2.24) is 15.1 Å². The Morgan fingerprint density at radius 2 is 2.04 bits per heavy atom. The van der Waals surface area contributed by atoms with Crippen LogP contribution < -0.4 is 5.32 Å². The van der Waals surface area contributed by atoms with Gasteiger partial charge in [-0.2, -0.15) is 5.10 Å². The van der Waals surface area contributed by atoms with Gasteiger partial charge in [-0.25, -0.2) is 0 Å². The summed E-state index contributed by atoms with van der Waals surface area (Å²) < 4.78 is 7.36. The lowest BCUT2D eigenvalue weighted by atomic mass is 10.0. The van der Waals surface area contributed by atoms with Crippen LogP contribution in [0.2, 0.25) is 0 Å². The first-order valence-corrected chi connectivity index (χ1v) is 8.41. The van der Waals surface area contributed by atoms with Gasteiger partial charge in [0, 0.05) is 5.69 Å². The molecule has 2 rings (SSSR count). The molecule has 0 aliphatic heterocycles.